The van der Waals surface area contributed by atoms with Crippen LogP contribution in [0.3, 0.4) is 0 Å². The van der Waals surface area contributed by atoms with Crippen molar-refractivity contribution >= 4 is 28.5 Å². The summed E-state index contributed by atoms with van der Waals surface area (Å²) in [5, 5.41) is 0. The number of aryl methyl sites for hydroxylation is 6. The molecule has 2 aromatic carbocycles. The van der Waals surface area contributed by atoms with Gasteiger partial charge in [0.1, 0.15) is 0 Å². The summed E-state index contributed by atoms with van der Waals surface area (Å²) in [5.74, 6) is 0. The third kappa shape index (κ3) is 5.53. The van der Waals surface area contributed by atoms with Gasteiger partial charge in [0.15, 0.2) is 0 Å². The van der Waals surface area contributed by atoms with Crippen LogP contribution < -0.4 is 4.90 Å². The molecule has 0 saturated carbocycles. The Balaban J connectivity index is 1.82. The molecule has 0 radical (unpaired) electrons. The van der Waals surface area contributed by atoms with Crippen molar-refractivity contribution in [2.75, 3.05) is 18.0 Å². The fraction of sp³-hybridized carbons (Fsp3) is 0.387. The summed E-state index contributed by atoms with van der Waals surface area (Å²) in [6.07, 6.45) is 2.47. The molecule has 4 nitrogen and oxygen atoms in total. The van der Waals surface area contributed by atoms with Crippen LogP contribution in [0, 0.1) is 41.5 Å². The van der Waals surface area contributed by atoms with Gasteiger partial charge in [0.2, 0.25) is 0 Å². The van der Waals surface area contributed by atoms with Gasteiger partial charge in [-0.05, 0) is 103 Å². The Morgan fingerprint density at radius 1 is 0.629 bits per heavy atom. The SMILES string of the molecule is CC(=Nc1c(C)cc(C)cc1C)c1cc(N2CCCC2)cc(C(C)=Nc2c(C)cc(C)cc2C)n1. The largest absolute Gasteiger partial charge is 0.371 e. The maximum absolute atomic E-state index is 5.06. The lowest BCUT2D eigenvalue weighted by molar-refractivity contribution is 0.949. The lowest BCUT2D eigenvalue weighted by atomic mass is 10.0. The Kier molecular flexibility index (Phi) is 7.20. The molecule has 35 heavy (non-hydrogen) atoms. The predicted octanol–water partition coefficient (Wildman–Crippen LogP) is 7.81. The molecule has 0 bridgehead atoms. The minimum Gasteiger partial charge on any atom is -0.371 e. The Hall–Kier alpha value is -3.27. The Bertz CT molecular complexity index is 1190. The average Bonchev–Trinajstić information content (AvgIpc) is 3.33. The molecular weight excluding hydrogens is 428 g/mol. The van der Waals surface area contributed by atoms with Crippen LogP contribution in [0.1, 0.15) is 71.5 Å². The number of rotatable bonds is 5. The molecule has 4 heteroatoms. The molecule has 0 N–H and O–H groups in total. The number of nitrogens with zero attached hydrogens (tertiary/aromatic N) is 4. The first kappa shape index (κ1) is 24.8. The van der Waals surface area contributed by atoms with Gasteiger partial charge in [-0.25, -0.2) is 4.98 Å². The van der Waals surface area contributed by atoms with E-state index in [1.165, 1.54) is 51.9 Å². The summed E-state index contributed by atoms with van der Waals surface area (Å²) >= 11 is 0. The lowest BCUT2D eigenvalue weighted by Gasteiger charge is -2.20. The molecular formula is C31H38N4. The van der Waals surface area contributed by atoms with Crippen LogP contribution in [-0.2, 0) is 0 Å². The Morgan fingerprint density at radius 3 is 1.37 bits per heavy atom. The molecule has 2 heterocycles. The Labute approximate surface area is 210 Å². The molecule has 0 unspecified atom stereocenters. The molecule has 0 spiro atoms. The molecule has 1 saturated heterocycles. The number of pyridine rings is 1. The molecule has 0 atom stereocenters. The summed E-state index contributed by atoms with van der Waals surface area (Å²) in [7, 11) is 0. The van der Waals surface area contributed by atoms with Gasteiger partial charge >= 0.3 is 0 Å². The topological polar surface area (TPSA) is 40.9 Å². The first-order chi connectivity index (χ1) is 16.6. The maximum Gasteiger partial charge on any atom is 0.0870 e. The normalized spacial score (nSPS) is 14.7. The van der Waals surface area contributed by atoms with Crippen molar-refractivity contribution in [3.63, 3.8) is 0 Å². The van der Waals surface area contributed by atoms with Crippen LogP contribution in [0.4, 0.5) is 17.1 Å². The van der Waals surface area contributed by atoms with E-state index in [4.69, 9.17) is 15.0 Å². The third-order valence-electron chi connectivity index (χ3n) is 6.85. The number of anilines is 1. The van der Waals surface area contributed by atoms with E-state index in [-0.39, 0.29) is 0 Å². The fourth-order valence-corrected chi connectivity index (χ4v) is 5.19. The van der Waals surface area contributed by atoms with E-state index in [1.807, 2.05) is 0 Å². The van der Waals surface area contributed by atoms with Crippen LogP contribution in [0.15, 0.2) is 46.4 Å². The van der Waals surface area contributed by atoms with Crippen LogP contribution in [0.5, 0.6) is 0 Å². The van der Waals surface area contributed by atoms with Crippen LogP contribution in [0.25, 0.3) is 0 Å². The minimum absolute atomic E-state index is 0.913. The maximum atomic E-state index is 5.06. The van der Waals surface area contributed by atoms with Gasteiger partial charge in [0.05, 0.1) is 34.2 Å². The number of hydrogen-bond donors (Lipinski definition) is 0. The van der Waals surface area contributed by atoms with Gasteiger partial charge in [-0.3, -0.25) is 9.98 Å². The summed E-state index contributed by atoms with van der Waals surface area (Å²) in [6, 6.07) is 13.2. The molecule has 1 aliphatic heterocycles. The van der Waals surface area contributed by atoms with Gasteiger partial charge < -0.3 is 4.90 Å². The zero-order valence-corrected chi connectivity index (χ0v) is 22.6. The van der Waals surface area contributed by atoms with Crippen LogP contribution in [0.2, 0.25) is 0 Å². The van der Waals surface area contributed by atoms with E-state index in [0.717, 1.165) is 47.3 Å². The monoisotopic (exact) mass is 466 g/mol. The second-order valence-electron chi connectivity index (χ2n) is 10.2. The third-order valence-corrected chi connectivity index (χ3v) is 6.85. The molecule has 3 aromatic rings. The molecule has 182 valence electrons. The lowest BCUT2D eigenvalue weighted by Crippen LogP contribution is -2.19. The highest BCUT2D eigenvalue weighted by Gasteiger charge is 2.17. The van der Waals surface area contributed by atoms with E-state index in [1.54, 1.807) is 0 Å². The number of aliphatic imine (C=N–C) groups is 2. The molecule has 0 amide bonds. The van der Waals surface area contributed by atoms with E-state index in [0.29, 0.717) is 0 Å². The first-order valence-electron chi connectivity index (χ1n) is 12.7. The number of aromatic nitrogens is 1. The quantitative estimate of drug-likeness (QED) is 0.360. The van der Waals surface area contributed by atoms with Crippen LogP contribution >= 0.6 is 0 Å². The average molecular weight is 467 g/mol. The smallest absolute Gasteiger partial charge is 0.0870 e. The molecule has 0 aliphatic carbocycles. The van der Waals surface area contributed by atoms with Crippen LogP contribution in [-0.4, -0.2) is 29.5 Å². The van der Waals surface area contributed by atoms with Gasteiger partial charge in [0.25, 0.3) is 0 Å². The summed E-state index contributed by atoms with van der Waals surface area (Å²) < 4.78 is 0. The van der Waals surface area contributed by atoms with E-state index < -0.39 is 0 Å². The second kappa shape index (κ2) is 10.2. The van der Waals surface area contributed by atoms with E-state index in [2.05, 4.69) is 96.7 Å². The molecule has 1 aliphatic rings. The van der Waals surface area contributed by atoms with Gasteiger partial charge in [-0.1, -0.05) is 35.4 Å². The molecule has 1 aromatic heterocycles. The molecule has 4 rings (SSSR count). The molecule has 1 fully saturated rings. The highest BCUT2D eigenvalue weighted by molar-refractivity contribution is 6.03. The predicted molar refractivity (Wildman–Crippen MR) is 151 cm³/mol. The minimum atomic E-state index is 0.913. The zero-order valence-electron chi connectivity index (χ0n) is 22.6. The highest BCUT2D eigenvalue weighted by atomic mass is 15.1. The first-order valence-corrected chi connectivity index (χ1v) is 12.7. The Morgan fingerprint density at radius 2 is 1.00 bits per heavy atom. The summed E-state index contributed by atoms with van der Waals surface area (Å²) in [4.78, 5) is 17.6. The van der Waals surface area contributed by atoms with Crippen molar-refractivity contribution < 1.29 is 0 Å². The highest BCUT2D eigenvalue weighted by Crippen LogP contribution is 2.29. The van der Waals surface area contributed by atoms with Crippen molar-refractivity contribution in [3.8, 4) is 0 Å². The van der Waals surface area contributed by atoms with Crippen molar-refractivity contribution in [1.29, 1.82) is 0 Å². The van der Waals surface area contributed by atoms with Gasteiger partial charge in [-0.2, -0.15) is 0 Å². The van der Waals surface area contributed by atoms with Crippen molar-refractivity contribution in [2.45, 2.75) is 68.2 Å². The number of hydrogen-bond acceptors (Lipinski definition) is 4. The van der Waals surface area contributed by atoms with Gasteiger partial charge in [0, 0.05) is 18.8 Å². The zero-order chi connectivity index (χ0) is 25.3. The summed E-state index contributed by atoms with van der Waals surface area (Å²) in [5.41, 5.74) is 14.3. The van der Waals surface area contributed by atoms with E-state index in [9.17, 15) is 0 Å². The van der Waals surface area contributed by atoms with Crippen molar-refractivity contribution in [3.05, 3.63) is 81.2 Å². The standard InChI is InChI=1S/C31H38N4/c1-19-13-21(3)30(22(4)14-19)32-25(7)28-17-27(35-11-9-10-12-35)18-29(34-28)26(8)33-31-23(5)15-20(2)16-24(31)6/h13-18H,9-12H2,1-8H3. The van der Waals surface area contributed by atoms with E-state index >= 15 is 0 Å². The van der Waals surface area contributed by atoms with Gasteiger partial charge in [-0.15, -0.1) is 0 Å². The second-order valence-corrected chi connectivity index (χ2v) is 10.2. The number of benzene rings is 2. The van der Waals surface area contributed by atoms with Crippen molar-refractivity contribution in [1.82, 2.24) is 4.98 Å². The van der Waals surface area contributed by atoms with Crippen molar-refractivity contribution in [2.24, 2.45) is 9.98 Å². The fourth-order valence-electron chi connectivity index (χ4n) is 5.19. The summed E-state index contributed by atoms with van der Waals surface area (Å²) in [6.45, 7) is 19.1.